The number of methoxy groups -OCH3 is 1. The SMILES string of the molecule is COc1ncc(F)c(Cl)c1NC(=O)OC(C)(C)C. The molecular weight excluding hydrogens is 263 g/mol. The fourth-order valence-electron chi connectivity index (χ4n) is 1.12. The zero-order valence-electron chi connectivity index (χ0n) is 10.5. The Hall–Kier alpha value is -1.56. The van der Waals surface area contributed by atoms with Gasteiger partial charge in [0.15, 0.2) is 5.82 Å². The van der Waals surface area contributed by atoms with Gasteiger partial charge in [0.2, 0.25) is 5.88 Å². The molecule has 0 spiro atoms. The monoisotopic (exact) mass is 276 g/mol. The molecule has 0 aliphatic rings. The number of hydrogen-bond acceptors (Lipinski definition) is 4. The summed E-state index contributed by atoms with van der Waals surface area (Å²) in [5.74, 6) is -0.754. The largest absolute Gasteiger partial charge is 0.479 e. The molecule has 0 saturated heterocycles. The summed E-state index contributed by atoms with van der Waals surface area (Å²) in [6.45, 7) is 5.11. The van der Waals surface area contributed by atoms with Gasteiger partial charge in [-0.2, -0.15) is 0 Å². The maximum atomic E-state index is 13.2. The average molecular weight is 277 g/mol. The molecule has 100 valence electrons. The van der Waals surface area contributed by atoms with Gasteiger partial charge in [-0.05, 0) is 20.8 Å². The molecule has 0 unspecified atom stereocenters. The van der Waals surface area contributed by atoms with Crippen molar-refractivity contribution in [1.82, 2.24) is 4.98 Å². The van der Waals surface area contributed by atoms with E-state index in [2.05, 4.69) is 10.3 Å². The first kappa shape index (κ1) is 14.5. The minimum Gasteiger partial charge on any atom is -0.479 e. The van der Waals surface area contributed by atoms with Gasteiger partial charge in [0, 0.05) is 0 Å². The van der Waals surface area contributed by atoms with Gasteiger partial charge >= 0.3 is 6.09 Å². The number of hydrogen-bond donors (Lipinski definition) is 1. The van der Waals surface area contributed by atoms with E-state index in [-0.39, 0.29) is 16.6 Å². The second-order valence-corrected chi connectivity index (χ2v) is 4.81. The van der Waals surface area contributed by atoms with E-state index < -0.39 is 17.5 Å². The zero-order valence-corrected chi connectivity index (χ0v) is 11.3. The van der Waals surface area contributed by atoms with E-state index in [1.807, 2.05) is 0 Å². The van der Waals surface area contributed by atoms with Gasteiger partial charge in [-0.15, -0.1) is 0 Å². The summed E-state index contributed by atoms with van der Waals surface area (Å²) in [4.78, 5) is 15.2. The van der Waals surface area contributed by atoms with Crippen LogP contribution in [0.5, 0.6) is 5.88 Å². The number of amides is 1. The Labute approximate surface area is 109 Å². The van der Waals surface area contributed by atoms with Crippen LogP contribution in [-0.4, -0.2) is 23.8 Å². The molecule has 0 aliphatic heterocycles. The molecule has 1 amide bonds. The first-order chi connectivity index (χ1) is 8.24. The number of aromatic nitrogens is 1. The van der Waals surface area contributed by atoms with E-state index >= 15 is 0 Å². The highest BCUT2D eigenvalue weighted by Gasteiger charge is 2.21. The third-order valence-electron chi connectivity index (χ3n) is 1.76. The number of ether oxygens (including phenoxy) is 2. The van der Waals surface area contributed by atoms with Crippen LogP contribution in [0.25, 0.3) is 0 Å². The standard InChI is InChI=1S/C11H14ClFN2O3/c1-11(2,3)18-10(16)15-8-7(12)6(13)5-14-9(8)17-4/h5H,1-4H3,(H,15,16). The van der Waals surface area contributed by atoms with Crippen molar-refractivity contribution < 1.29 is 18.7 Å². The van der Waals surface area contributed by atoms with Crippen molar-refractivity contribution in [2.24, 2.45) is 0 Å². The Balaban J connectivity index is 2.96. The summed E-state index contributed by atoms with van der Waals surface area (Å²) >= 11 is 5.73. The van der Waals surface area contributed by atoms with Crippen LogP contribution in [0, 0.1) is 5.82 Å². The van der Waals surface area contributed by atoms with Crippen LogP contribution in [0.1, 0.15) is 20.8 Å². The summed E-state index contributed by atoms with van der Waals surface area (Å²) in [7, 11) is 1.33. The van der Waals surface area contributed by atoms with Crippen LogP contribution in [0.2, 0.25) is 5.02 Å². The second-order valence-electron chi connectivity index (χ2n) is 4.43. The van der Waals surface area contributed by atoms with Crippen molar-refractivity contribution in [3.63, 3.8) is 0 Å². The van der Waals surface area contributed by atoms with Gasteiger partial charge in [-0.3, -0.25) is 5.32 Å². The Morgan fingerprint density at radius 3 is 2.61 bits per heavy atom. The highest BCUT2D eigenvalue weighted by molar-refractivity contribution is 6.34. The molecule has 1 N–H and O–H groups in total. The molecule has 0 radical (unpaired) electrons. The molecular formula is C11H14ClFN2O3. The number of nitrogens with zero attached hydrogens (tertiary/aromatic N) is 1. The molecule has 0 atom stereocenters. The van der Waals surface area contributed by atoms with Gasteiger partial charge in [-0.1, -0.05) is 11.6 Å². The van der Waals surface area contributed by atoms with Gasteiger partial charge < -0.3 is 9.47 Å². The molecule has 0 saturated carbocycles. The first-order valence-electron chi connectivity index (χ1n) is 5.12. The Bertz CT molecular complexity index is 460. The number of pyridine rings is 1. The lowest BCUT2D eigenvalue weighted by Gasteiger charge is -2.20. The van der Waals surface area contributed by atoms with E-state index in [4.69, 9.17) is 21.1 Å². The van der Waals surface area contributed by atoms with Crippen LogP contribution in [0.15, 0.2) is 6.20 Å². The van der Waals surface area contributed by atoms with E-state index in [9.17, 15) is 9.18 Å². The minimum absolute atomic E-state index is 0.00672. The maximum Gasteiger partial charge on any atom is 0.412 e. The number of nitrogens with one attached hydrogen (secondary N) is 1. The maximum absolute atomic E-state index is 13.2. The third-order valence-corrected chi connectivity index (χ3v) is 2.13. The van der Waals surface area contributed by atoms with Gasteiger partial charge in [0.05, 0.1) is 13.3 Å². The molecule has 1 rings (SSSR count). The molecule has 0 aromatic carbocycles. The minimum atomic E-state index is -0.768. The van der Waals surface area contributed by atoms with Crippen LogP contribution < -0.4 is 10.1 Å². The average Bonchev–Trinajstić information content (AvgIpc) is 2.22. The van der Waals surface area contributed by atoms with E-state index in [0.29, 0.717) is 0 Å². The highest BCUT2D eigenvalue weighted by atomic mass is 35.5. The number of anilines is 1. The number of rotatable bonds is 2. The highest BCUT2D eigenvalue weighted by Crippen LogP contribution is 2.32. The summed E-state index contributed by atoms with van der Waals surface area (Å²) in [6, 6.07) is 0. The summed E-state index contributed by atoms with van der Waals surface area (Å²) < 4.78 is 23.1. The molecule has 1 aromatic rings. The van der Waals surface area contributed by atoms with Crippen LogP contribution >= 0.6 is 11.6 Å². The topological polar surface area (TPSA) is 60.5 Å². The van der Waals surface area contributed by atoms with Crippen molar-refractivity contribution in [3.05, 3.63) is 17.0 Å². The van der Waals surface area contributed by atoms with Gasteiger partial charge in [-0.25, -0.2) is 14.2 Å². The molecule has 5 nitrogen and oxygen atoms in total. The van der Waals surface area contributed by atoms with Crippen LogP contribution in [0.4, 0.5) is 14.9 Å². The fraction of sp³-hybridized carbons (Fsp3) is 0.455. The predicted molar refractivity (Wildman–Crippen MR) is 65.6 cm³/mol. The number of carbonyl (C=O) groups is 1. The first-order valence-corrected chi connectivity index (χ1v) is 5.50. The lowest BCUT2D eigenvalue weighted by atomic mass is 10.2. The third kappa shape index (κ3) is 3.73. The summed E-state index contributed by atoms with van der Waals surface area (Å²) in [6.07, 6.45) is 0.136. The fourth-order valence-corrected chi connectivity index (χ4v) is 1.30. The Morgan fingerprint density at radius 1 is 1.50 bits per heavy atom. The zero-order chi connectivity index (χ0) is 13.9. The lowest BCUT2D eigenvalue weighted by molar-refractivity contribution is 0.0635. The number of halogens is 2. The normalized spacial score (nSPS) is 11.0. The predicted octanol–water partition coefficient (Wildman–Crippen LogP) is 3.23. The molecule has 7 heteroatoms. The Kier molecular flexibility index (Phi) is 4.34. The second kappa shape index (κ2) is 5.39. The van der Waals surface area contributed by atoms with Crippen molar-refractivity contribution in [2.75, 3.05) is 12.4 Å². The van der Waals surface area contributed by atoms with Crippen LogP contribution in [-0.2, 0) is 4.74 Å². The quantitative estimate of drug-likeness (QED) is 0.901. The smallest absolute Gasteiger partial charge is 0.412 e. The molecule has 18 heavy (non-hydrogen) atoms. The van der Waals surface area contributed by atoms with E-state index in [1.165, 1.54) is 7.11 Å². The lowest BCUT2D eigenvalue weighted by Crippen LogP contribution is -2.27. The van der Waals surface area contributed by atoms with Crippen LogP contribution in [0.3, 0.4) is 0 Å². The van der Waals surface area contributed by atoms with Gasteiger partial charge in [0.1, 0.15) is 16.3 Å². The van der Waals surface area contributed by atoms with Crippen molar-refractivity contribution in [1.29, 1.82) is 0 Å². The molecule has 1 aromatic heterocycles. The molecule has 0 bridgehead atoms. The summed E-state index contributed by atoms with van der Waals surface area (Å²) in [5.41, 5.74) is -0.738. The van der Waals surface area contributed by atoms with Gasteiger partial charge in [0.25, 0.3) is 0 Å². The van der Waals surface area contributed by atoms with Crippen molar-refractivity contribution in [2.45, 2.75) is 26.4 Å². The van der Waals surface area contributed by atoms with Crippen molar-refractivity contribution in [3.8, 4) is 5.88 Å². The molecule has 1 heterocycles. The Morgan fingerprint density at radius 2 is 2.11 bits per heavy atom. The number of carbonyl (C=O) groups excluding carboxylic acids is 1. The molecule has 0 aliphatic carbocycles. The van der Waals surface area contributed by atoms with E-state index in [1.54, 1.807) is 20.8 Å². The van der Waals surface area contributed by atoms with E-state index in [0.717, 1.165) is 6.20 Å². The summed E-state index contributed by atoms with van der Waals surface area (Å²) in [5, 5.41) is 2.02. The van der Waals surface area contributed by atoms with Crippen molar-refractivity contribution >= 4 is 23.4 Å². The molecule has 0 fully saturated rings.